The summed E-state index contributed by atoms with van der Waals surface area (Å²) in [4.78, 5) is 11.5. The number of carbonyl (C=O) groups excluding carboxylic acids is 1. The number of carbonyl (C=O) groups is 1. The highest BCUT2D eigenvalue weighted by Crippen LogP contribution is 2.65. The maximum absolute atomic E-state index is 11.5. The van der Waals surface area contributed by atoms with Crippen molar-refractivity contribution in [1.82, 2.24) is 0 Å². The molecule has 0 bridgehead atoms. The zero-order valence-corrected chi connectivity index (χ0v) is 20.9. The highest BCUT2D eigenvalue weighted by Gasteiger charge is 2.54. The highest BCUT2D eigenvalue weighted by atomic mass is 16.5. The first-order valence-electron chi connectivity index (χ1n) is 12.9. The number of rotatable bonds is 5. The Bertz CT molecular complexity index is 811. The van der Waals surface area contributed by atoms with Crippen LogP contribution in [-0.4, -0.2) is 12.1 Å². The van der Waals surface area contributed by atoms with E-state index in [4.69, 9.17) is 4.74 Å². The molecule has 6 atom stereocenters. The Kier molecular flexibility index (Phi) is 6.32. The van der Waals surface area contributed by atoms with Gasteiger partial charge in [0.25, 0.3) is 0 Å². The van der Waals surface area contributed by atoms with Gasteiger partial charge < -0.3 is 4.74 Å². The van der Waals surface area contributed by atoms with Crippen molar-refractivity contribution in [3.8, 4) is 0 Å². The summed E-state index contributed by atoms with van der Waals surface area (Å²) >= 11 is 0. The average Bonchev–Trinajstić information content (AvgIpc) is 3.05. The molecule has 0 aromatic carbocycles. The molecule has 2 saturated carbocycles. The summed E-state index contributed by atoms with van der Waals surface area (Å²) in [5, 5.41) is 0. The first kappa shape index (κ1) is 22.9. The van der Waals surface area contributed by atoms with Crippen LogP contribution in [0, 0.1) is 28.6 Å². The van der Waals surface area contributed by atoms with Crippen LogP contribution in [0.1, 0.15) is 106 Å². The monoisotopic (exact) mass is 424 g/mol. The molecule has 0 aliphatic heterocycles. The van der Waals surface area contributed by atoms with Crippen LogP contribution in [0.3, 0.4) is 0 Å². The minimum Gasteiger partial charge on any atom is -0.462 e. The summed E-state index contributed by atoms with van der Waals surface area (Å²) in [7, 11) is 0. The van der Waals surface area contributed by atoms with E-state index in [0.29, 0.717) is 5.41 Å². The third kappa shape index (κ3) is 4.09. The molecular weight excluding hydrogens is 380 g/mol. The largest absolute Gasteiger partial charge is 0.462 e. The second-order valence-corrected chi connectivity index (χ2v) is 11.8. The number of fused-ring (bicyclic) bond motifs is 4. The normalized spacial score (nSPS) is 37.9. The van der Waals surface area contributed by atoms with Crippen molar-refractivity contribution in [3.05, 3.63) is 34.4 Å². The molecule has 0 aromatic heterocycles. The molecule has 0 aromatic rings. The van der Waals surface area contributed by atoms with Crippen molar-refractivity contribution < 1.29 is 9.53 Å². The lowest BCUT2D eigenvalue weighted by Crippen LogP contribution is -2.42. The van der Waals surface area contributed by atoms with Crippen molar-refractivity contribution >= 4 is 5.97 Å². The summed E-state index contributed by atoms with van der Waals surface area (Å²) in [5.41, 5.74) is 7.31. The second kappa shape index (κ2) is 8.56. The van der Waals surface area contributed by atoms with E-state index in [2.05, 4.69) is 46.8 Å². The molecule has 2 heteroatoms. The van der Waals surface area contributed by atoms with E-state index >= 15 is 0 Å². The number of hydrogen-bond acceptors (Lipinski definition) is 2. The molecule has 0 saturated heterocycles. The highest BCUT2D eigenvalue weighted by molar-refractivity contribution is 5.66. The molecule has 0 amide bonds. The van der Waals surface area contributed by atoms with Gasteiger partial charge in [0.2, 0.25) is 0 Å². The molecule has 0 unspecified atom stereocenters. The van der Waals surface area contributed by atoms with Crippen molar-refractivity contribution in [1.29, 1.82) is 0 Å². The van der Waals surface area contributed by atoms with Crippen molar-refractivity contribution in [2.45, 2.75) is 112 Å². The fraction of sp³-hybridized carbons (Fsp3) is 0.759. The predicted octanol–water partition coefficient (Wildman–Crippen LogP) is 7.94. The molecule has 4 rings (SSSR count). The third-order valence-corrected chi connectivity index (χ3v) is 9.68. The van der Waals surface area contributed by atoms with Gasteiger partial charge in [-0.1, -0.05) is 55.2 Å². The Morgan fingerprint density at radius 2 is 1.97 bits per heavy atom. The van der Waals surface area contributed by atoms with Gasteiger partial charge in [0.1, 0.15) is 6.10 Å². The maximum atomic E-state index is 11.5. The number of ether oxygens (including phenoxy) is 1. The van der Waals surface area contributed by atoms with Gasteiger partial charge in [0, 0.05) is 18.8 Å². The molecule has 4 aliphatic rings. The average molecular weight is 425 g/mol. The lowest BCUT2D eigenvalue weighted by molar-refractivity contribution is -0.147. The lowest BCUT2D eigenvalue weighted by atomic mass is 9.53. The summed E-state index contributed by atoms with van der Waals surface area (Å²) in [5.74, 6) is 2.34. The zero-order chi connectivity index (χ0) is 22.4. The van der Waals surface area contributed by atoms with Crippen LogP contribution >= 0.6 is 0 Å². The van der Waals surface area contributed by atoms with Crippen LogP contribution in [0.15, 0.2) is 34.4 Å². The van der Waals surface area contributed by atoms with Gasteiger partial charge in [-0.2, -0.15) is 0 Å². The second-order valence-electron chi connectivity index (χ2n) is 11.8. The Labute approximate surface area is 190 Å². The van der Waals surface area contributed by atoms with Crippen LogP contribution in [0.4, 0.5) is 0 Å². The molecule has 0 heterocycles. The van der Waals surface area contributed by atoms with Crippen LogP contribution in [-0.2, 0) is 9.53 Å². The number of allylic oxidation sites excluding steroid dienone is 5. The van der Waals surface area contributed by atoms with Gasteiger partial charge in [0.05, 0.1) is 0 Å². The summed E-state index contributed by atoms with van der Waals surface area (Å²) in [6, 6.07) is 0. The standard InChI is InChI=1S/C29H44O2/c1-19(2)8-7-9-20(3)25-12-13-26-24-11-10-22-18-23(31-21(4)30)14-16-28(22,5)27(24)15-17-29(25,26)6/h8,10,20,23,25-26H,7,9,11-18H2,1-6H3/t20-,23+,25-,26+,28+,29-/m1/s1. The van der Waals surface area contributed by atoms with Gasteiger partial charge in [-0.3, -0.25) is 4.79 Å². The number of hydrogen-bond donors (Lipinski definition) is 0. The van der Waals surface area contributed by atoms with E-state index < -0.39 is 0 Å². The smallest absolute Gasteiger partial charge is 0.302 e. The Balaban J connectivity index is 1.52. The van der Waals surface area contributed by atoms with E-state index in [9.17, 15) is 4.79 Å². The summed E-state index contributed by atoms with van der Waals surface area (Å²) in [6.07, 6.45) is 17.3. The van der Waals surface area contributed by atoms with E-state index in [-0.39, 0.29) is 17.5 Å². The van der Waals surface area contributed by atoms with Crippen LogP contribution < -0.4 is 0 Å². The molecular formula is C29H44O2. The topological polar surface area (TPSA) is 26.3 Å². The SMILES string of the molecule is CC(=O)O[C@H]1CC[C@@]2(C)C(=CCC3=C2CC[C@]2(C)[C@@H]([C@H](C)CCC=C(C)C)CC[C@@H]32)C1. The van der Waals surface area contributed by atoms with E-state index in [1.54, 1.807) is 18.1 Å². The zero-order valence-electron chi connectivity index (χ0n) is 20.9. The van der Waals surface area contributed by atoms with Crippen molar-refractivity contribution in [3.63, 3.8) is 0 Å². The molecule has 31 heavy (non-hydrogen) atoms. The predicted molar refractivity (Wildman–Crippen MR) is 129 cm³/mol. The van der Waals surface area contributed by atoms with Gasteiger partial charge in [-0.25, -0.2) is 0 Å². The molecule has 2 nitrogen and oxygen atoms in total. The number of esters is 1. The van der Waals surface area contributed by atoms with Gasteiger partial charge in [-0.05, 0) is 94.8 Å². The van der Waals surface area contributed by atoms with E-state index in [1.807, 2.05) is 5.57 Å². The third-order valence-electron chi connectivity index (χ3n) is 9.68. The van der Waals surface area contributed by atoms with E-state index in [1.165, 1.54) is 44.1 Å². The van der Waals surface area contributed by atoms with Crippen molar-refractivity contribution in [2.75, 3.05) is 0 Å². The molecule has 0 N–H and O–H groups in total. The van der Waals surface area contributed by atoms with Crippen LogP contribution in [0.5, 0.6) is 0 Å². The fourth-order valence-electron chi connectivity index (χ4n) is 8.03. The molecule has 0 radical (unpaired) electrons. The van der Waals surface area contributed by atoms with Gasteiger partial charge in [0.15, 0.2) is 0 Å². The van der Waals surface area contributed by atoms with Gasteiger partial charge in [-0.15, -0.1) is 0 Å². The molecule has 172 valence electrons. The van der Waals surface area contributed by atoms with Crippen molar-refractivity contribution in [2.24, 2.45) is 28.6 Å². The molecule has 4 aliphatic carbocycles. The Morgan fingerprint density at radius 3 is 2.68 bits per heavy atom. The lowest BCUT2D eigenvalue weighted by Gasteiger charge is -2.52. The Hall–Kier alpha value is -1.31. The fourth-order valence-corrected chi connectivity index (χ4v) is 8.03. The molecule has 2 fully saturated rings. The van der Waals surface area contributed by atoms with Crippen LogP contribution in [0.25, 0.3) is 0 Å². The summed E-state index contributed by atoms with van der Waals surface area (Å²) in [6.45, 7) is 13.6. The van der Waals surface area contributed by atoms with Crippen LogP contribution in [0.2, 0.25) is 0 Å². The quantitative estimate of drug-likeness (QED) is 0.331. The van der Waals surface area contributed by atoms with Gasteiger partial charge >= 0.3 is 5.97 Å². The summed E-state index contributed by atoms with van der Waals surface area (Å²) < 4.78 is 5.59. The first-order valence-corrected chi connectivity index (χ1v) is 12.9. The molecule has 0 spiro atoms. The minimum atomic E-state index is -0.131. The Morgan fingerprint density at radius 1 is 1.19 bits per heavy atom. The first-order chi connectivity index (χ1) is 14.6. The maximum Gasteiger partial charge on any atom is 0.302 e. The minimum absolute atomic E-state index is 0.0883. The van der Waals surface area contributed by atoms with E-state index in [0.717, 1.165) is 43.4 Å².